The molecule has 57 heavy (non-hydrogen) atoms. The Balaban J connectivity index is 0.00000198. The number of benzene rings is 6. The second kappa shape index (κ2) is 15.1. The van der Waals surface area contributed by atoms with Crippen molar-refractivity contribution in [3.05, 3.63) is 155 Å². The Morgan fingerprint density at radius 1 is 0.368 bits per heavy atom. The quantitative estimate of drug-likeness (QED) is 0.146. The molecule has 6 aromatic carbocycles. The summed E-state index contributed by atoms with van der Waals surface area (Å²) in [6, 6.07) is 47.4. The molecule has 4 fully saturated rings. The van der Waals surface area contributed by atoms with Crippen LogP contribution in [0.15, 0.2) is 132 Å². The van der Waals surface area contributed by atoms with Crippen molar-refractivity contribution in [1.29, 1.82) is 0 Å². The summed E-state index contributed by atoms with van der Waals surface area (Å²) in [4.78, 5) is 0. The summed E-state index contributed by atoms with van der Waals surface area (Å²) in [5.74, 6) is 1.53. The van der Waals surface area contributed by atoms with Gasteiger partial charge in [-0.2, -0.15) is 0 Å². The van der Waals surface area contributed by atoms with E-state index >= 15 is 0 Å². The monoisotopic (exact) mass is 950 g/mol. The fourth-order valence-electron chi connectivity index (χ4n) is 13.8. The molecule has 6 aliphatic rings. The Morgan fingerprint density at radius 2 is 0.737 bits per heavy atom. The molecule has 1 aliphatic heterocycles. The van der Waals surface area contributed by atoms with E-state index < -0.39 is 20.0 Å². The first kappa shape index (κ1) is 38.0. The Kier molecular flexibility index (Phi) is 10.1. The van der Waals surface area contributed by atoms with E-state index in [9.17, 15) is 0 Å². The first-order chi connectivity index (χ1) is 27.3. The van der Waals surface area contributed by atoms with Gasteiger partial charge in [0.1, 0.15) is 0 Å². The summed E-state index contributed by atoms with van der Waals surface area (Å²) in [7, 11) is 0. The summed E-state index contributed by atoms with van der Waals surface area (Å²) in [6.45, 7) is 0. The van der Waals surface area contributed by atoms with Gasteiger partial charge < -0.3 is 24.8 Å². The van der Waals surface area contributed by atoms with Gasteiger partial charge in [-0.15, -0.1) is 0 Å². The van der Waals surface area contributed by atoms with E-state index in [0.29, 0.717) is 0 Å². The molecule has 0 nitrogen and oxygen atoms in total. The molecule has 12 rings (SSSR count). The van der Waals surface area contributed by atoms with Crippen LogP contribution in [0.2, 0.25) is 7.35 Å². The number of rotatable bonds is 6. The third-order valence-corrected chi connectivity index (χ3v) is 40.6. The van der Waals surface area contributed by atoms with Gasteiger partial charge >= 0.3 is 334 Å². The van der Waals surface area contributed by atoms with Crippen molar-refractivity contribution < 1.29 is 44.8 Å². The van der Waals surface area contributed by atoms with E-state index in [0.717, 1.165) is 26.5 Å². The van der Waals surface area contributed by atoms with Crippen LogP contribution in [0, 0.1) is 11.8 Å². The van der Waals surface area contributed by atoms with Gasteiger partial charge in [-0.25, -0.2) is 0 Å². The van der Waals surface area contributed by atoms with Gasteiger partial charge in [0.15, 0.2) is 0 Å². The van der Waals surface area contributed by atoms with Crippen LogP contribution in [0.1, 0.15) is 107 Å². The molecule has 0 bridgehead atoms. The van der Waals surface area contributed by atoms with Crippen molar-refractivity contribution in [2.45, 2.75) is 91.7 Å². The third-order valence-electron chi connectivity index (χ3n) is 15.9. The molecule has 0 aromatic heterocycles. The molecule has 4 atom stereocenters. The number of allylic oxidation sites excluding steroid dienone is 2. The average molecular weight is 950 g/mol. The van der Waals surface area contributed by atoms with Gasteiger partial charge in [-0.05, 0) is 0 Å². The predicted molar refractivity (Wildman–Crippen MR) is 230 cm³/mol. The largest absolute Gasteiger partial charge is 1.00 e. The topological polar surface area (TPSA) is 0 Å². The summed E-state index contributed by atoms with van der Waals surface area (Å²) in [5, 5.41) is 5.50. The first-order valence-electron chi connectivity index (χ1n) is 22.0. The Morgan fingerprint density at radius 3 is 1.19 bits per heavy atom. The van der Waals surface area contributed by atoms with E-state index in [1.807, 2.05) is 11.1 Å². The summed E-state index contributed by atoms with van der Waals surface area (Å²) < 4.78 is 3.47. The van der Waals surface area contributed by atoms with Gasteiger partial charge in [-0.3, -0.25) is 0 Å². The third kappa shape index (κ3) is 5.75. The van der Waals surface area contributed by atoms with Crippen LogP contribution < -0.4 is 24.8 Å². The first-order valence-corrected chi connectivity index (χ1v) is 30.3. The van der Waals surface area contributed by atoms with Crippen LogP contribution in [-0.2, 0) is 20.0 Å². The van der Waals surface area contributed by atoms with Crippen LogP contribution in [-0.4, -0.2) is 0 Å². The van der Waals surface area contributed by atoms with Crippen molar-refractivity contribution in [2.75, 3.05) is 0 Å². The van der Waals surface area contributed by atoms with Crippen LogP contribution in [0.4, 0.5) is 0 Å². The molecular weight excluding hydrogens is 898 g/mol. The second-order valence-electron chi connectivity index (χ2n) is 18.3. The Bertz CT molecular complexity index is 2380. The zero-order valence-corrected chi connectivity index (χ0v) is 38.0. The van der Waals surface area contributed by atoms with Crippen LogP contribution in [0.25, 0.3) is 56.0 Å². The van der Waals surface area contributed by atoms with Gasteiger partial charge in [0.2, 0.25) is 0 Å². The maximum absolute atomic E-state index is 3.41. The second-order valence-corrected chi connectivity index (χ2v) is 34.9. The predicted octanol–water partition coefficient (Wildman–Crippen LogP) is 9.61. The number of halogens is 2. The zero-order chi connectivity index (χ0) is 36.1. The van der Waals surface area contributed by atoms with Crippen molar-refractivity contribution in [1.82, 2.24) is 0 Å². The molecule has 286 valence electrons. The van der Waals surface area contributed by atoms with E-state index in [1.165, 1.54) is 121 Å². The molecule has 0 radical (unpaired) electrons. The van der Waals surface area contributed by atoms with Gasteiger partial charge in [0.25, 0.3) is 0 Å². The summed E-state index contributed by atoms with van der Waals surface area (Å²) >= 11 is -3.41. The number of fused-ring (bicyclic) bond motifs is 5. The van der Waals surface area contributed by atoms with Crippen LogP contribution >= 0.6 is 0 Å². The average Bonchev–Trinajstić information content (AvgIpc) is 3.92. The van der Waals surface area contributed by atoms with E-state index in [-0.39, 0.29) is 24.8 Å². The van der Waals surface area contributed by atoms with Gasteiger partial charge in [0, 0.05) is 0 Å². The molecule has 5 aliphatic carbocycles. The fourth-order valence-corrected chi connectivity index (χ4v) is 49.4. The van der Waals surface area contributed by atoms with Gasteiger partial charge in [0.05, 0.1) is 0 Å². The van der Waals surface area contributed by atoms with Gasteiger partial charge in [-0.1, -0.05) is 0 Å². The number of hydrogen-bond donors (Lipinski definition) is 0. The van der Waals surface area contributed by atoms with E-state index in [1.54, 1.807) is 22.3 Å². The minimum absolute atomic E-state index is 0. The minimum atomic E-state index is -3.41. The standard InChI is InChI=1S/2C24H21.C6H10.2ClH.Hf/c2*1-2-8-17(7-1)20-15-19-11-6-14-23(24(19)16-20)22-13-5-10-18-9-3-4-12-21(18)22;1-2-4-6-5-3-1;;;/h2*3-6,9-17H,1-2,7-8H2;1-2H,3-6H2;2*1H;/q;;;;;+2/p-2. The van der Waals surface area contributed by atoms with Crippen molar-refractivity contribution in [3.63, 3.8) is 0 Å². The van der Waals surface area contributed by atoms with Crippen molar-refractivity contribution in [2.24, 2.45) is 11.8 Å². The summed E-state index contributed by atoms with van der Waals surface area (Å²) in [5.41, 5.74) is 16.4. The normalized spacial score (nSPS) is 25.2. The van der Waals surface area contributed by atoms with E-state index in [4.69, 9.17) is 0 Å². The van der Waals surface area contributed by atoms with Crippen LogP contribution in [0.3, 0.4) is 0 Å². The van der Waals surface area contributed by atoms with E-state index in [2.05, 4.69) is 133 Å². The minimum Gasteiger partial charge on any atom is -1.00 e. The molecule has 0 amide bonds. The SMILES string of the molecule is C1=C(C2CCCC2)[CH]([Hf+2]2([CH]3C(C4CCCC4)=Cc4c(-c5cccc6ccccc56)cccc43)[CH]3CCCC[CH]32)c2cccc(-c3cccc4ccccc34)c21.[Cl-].[Cl-]. The zero-order valence-electron chi connectivity index (χ0n) is 32.9. The molecule has 0 N–H and O–H groups in total. The fraction of sp³-hybridized carbons (Fsp3) is 0.333. The molecular formula is C54H52Cl2Hf. The molecule has 0 spiro atoms. The number of hydrogen-bond acceptors (Lipinski definition) is 0. The molecule has 6 aromatic rings. The Labute approximate surface area is 356 Å². The maximum atomic E-state index is 2.85. The smallest absolute Gasteiger partial charge is 1.00 e. The molecule has 4 unspecified atom stereocenters. The van der Waals surface area contributed by atoms with Crippen molar-refractivity contribution in [3.8, 4) is 22.3 Å². The van der Waals surface area contributed by atoms with Crippen LogP contribution in [0.5, 0.6) is 0 Å². The molecule has 1 saturated heterocycles. The Hall–Kier alpha value is -3.23. The molecule has 3 saturated carbocycles. The summed E-state index contributed by atoms with van der Waals surface area (Å²) in [6.07, 6.45) is 22.9. The molecule has 1 heterocycles. The molecule has 3 heteroatoms. The maximum Gasteiger partial charge on any atom is -1.00 e. The van der Waals surface area contributed by atoms with Crippen molar-refractivity contribution >= 4 is 33.7 Å².